The van der Waals surface area contributed by atoms with E-state index in [0.29, 0.717) is 5.57 Å². The number of nitrogens with two attached hydrogens (primary N) is 1. The van der Waals surface area contributed by atoms with Crippen LogP contribution in [0.25, 0.3) is 0 Å². The van der Waals surface area contributed by atoms with Crippen molar-refractivity contribution in [3.8, 4) is 6.07 Å². The second kappa shape index (κ2) is 6.93. The van der Waals surface area contributed by atoms with Gasteiger partial charge in [0.15, 0.2) is 11.2 Å². The largest absolute Gasteiger partial charge is 0.468 e. The number of carbonyl (C=O) groups excluding carboxylic acids is 3. The lowest BCUT2D eigenvalue weighted by atomic mass is 9.68. The Morgan fingerprint density at radius 2 is 2.07 bits per heavy atom. The van der Waals surface area contributed by atoms with Crippen molar-refractivity contribution in [3.63, 3.8) is 0 Å². The van der Waals surface area contributed by atoms with Gasteiger partial charge in [-0.2, -0.15) is 5.26 Å². The van der Waals surface area contributed by atoms with Gasteiger partial charge >= 0.3 is 5.97 Å². The third-order valence-corrected chi connectivity index (χ3v) is 5.28. The average Bonchev–Trinajstić information content (AvgIpc) is 2.98. The predicted molar refractivity (Wildman–Crippen MR) is 95.7 cm³/mol. The van der Waals surface area contributed by atoms with Crippen molar-refractivity contribution in [2.45, 2.75) is 24.9 Å². The Morgan fingerprint density at radius 3 is 2.61 bits per heavy atom. The number of hydrogen-bond donors (Lipinski definition) is 1. The summed E-state index contributed by atoms with van der Waals surface area (Å²) in [6.07, 6.45) is 4.41. The van der Waals surface area contributed by atoms with E-state index in [4.69, 9.17) is 10.5 Å². The minimum atomic E-state index is -1.86. The van der Waals surface area contributed by atoms with Crippen molar-refractivity contribution in [1.82, 2.24) is 4.90 Å². The first-order valence-electron chi connectivity index (χ1n) is 8.50. The third-order valence-electron chi connectivity index (χ3n) is 5.28. The van der Waals surface area contributed by atoms with Crippen molar-refractivity contribution < 1.29 is 23.5 Å². The van der Waals surface area contributed by atoms with E-state index in [9.17, 15) is 24.0 Å². The molecule has 3 rings (SSSR count). The van der Waals surface area contributed by atoms with Gasteiger partial charge in [0.2, 0.25) is 5.91 Å². The highest BCUT2D eigenvalue weighted by atomic mass is 19.1. The number of amides is 1. The maximum atomic E-state index is 13.9. The van der Waals surface area contributed by atoms with Gasteiger partial charge < -0.3 is 15.4 Å². The molecular weight excluding hydrogens is 365 g/mol. The highest BCUT2D eigenvalue weighted by Gasteiger charge is 2.66. The molecular formula is C20H18FN3O4. The lowest BCUT2D eigenvalue weighted by Gasteiger charge is -2.32. The first-order valence-corrected chi connectivity index (χ1v) is 8.50. The predicted octanol–water partition coefficient (Wildman–Crippen LogP) is 1.17. The van der Waals surface area contributed by atoms with Crippen molar-refractivity contribution in [2.75, 3.05) is 7.11 Å². The Labute approximate surface area is 160 Å². The van der Waals surface area contributed by atoms with Crippen LogP contribution in [0.5, 0.6) is 0 Å². The van der Waals surface area contributed by atoms with Gasteiger partial charge in [0.1, 0.15) is 11.9 Å². The van der Waals surface area contributed by atoms with Crippen LogP contribution in [0, 0.1) is 22.6 Å². The van der Waals surface area contributed by atoms with Crippen LogP contribution >= 0.6 is 0 Å². The van der Waals surface area contributed by atoms with Crippen LogP contribution in [0.2, 0.25) is 0 Å². The normalized spacial score (nSPS) is 28.1. The summed E-state index contributed by atoms with van der Waals surface area (Å²) in [5, 5.41) is 10.1. The Morgan fingerprint density at radius 1 is 1.36 bits per heavy atom. The second-order valence-electron chi connectivity index (χ2n) is 6.74. The second-order valence-corrected chi connectivity index (χ2v) is 6.74. The molecule has 2 aliphatic heterocycles. The highest BCUT2D eigenvalue weighted by Crippen LogP contribution is 2.53. The van der Waals surface area contributed by atoms with Gasteiger partial charge in [0.25, 0.3) is 0 Å². The molecule has 4 atom stereocenters. The molecule has 0 saturated carbocycles. The number of methoxy groups -OCH3 is 1. The zero-order valence-corrected chi connectivity index (χ0v) is 15.3. The molecule has 0 aliphatic carbocycles. The summed E-state index contributed by atoms with van der Waals surface area (Å²) >= 11 is 0. The molecule has 1 amide bonds. The molecule has 1 saturated heterocycles. The minimum absolute atomic E-state index is 0.257. The van der Waals surface area contributed by atoms with E-state index in [-0.39, 0.29) is 11.3 Å². The molecule has 8 heteroatoms. The number of rotatable bonds is 4. The zero-order chi connectivity index (χ0) is 20.6. The Hall–Kier alpha value is -3.47. The van der Waals surface area contributed by atoms with E-state index in [1.165, 1.54) is 48.4 Å². The van der Waals surface area contributed by atoms with E-state index < -0.39 is 41.1 Å². The summed E-state index contributed by atoms with van der Waals surface area (Å²) in [5.74, 6) is -3.62. The van der Waals surface area contributed by atoms with Crippen LogP contribution in [0.1, 0.15) is 18.4 Å². The van der Waals surface area contributed by atoms with Gasteiger partial charge in [-0.25, -0.2) is 4.39 Å². The van der Waals surface area contributed by atoms with Crippen LogP contribution < -0.4 is 5.73 Å². The zero-order valence-electron chi connectivity index (χ0n) is 15.3. The molecule has 1 aromatic rings. The summed E-state index contributed by atoms with van der Waals surface area (Å²) < 4.78 is 18.8. The molecule has 0 aromatic heterocycles. The molecule has 0 bridgehead atoms. The molecule has 0 spiro atoms. The van der Waals surface area contributed by atoms with Crippen molar-refractivity contribution in [2.24, 2.45) is 11.1 Å². The molecule has 2 heterocycles. The maximum absolute atomic E-state index is 13.9. The molecule has 0 radical (unpaired) electrons. The number of halogens is 1. The van der Waals surface area contributed by atoms with E-state index >= 15 is 0 Å². The number of ketones is 1. The van der Waals surface area contributed by atoms with E-state index in [1.807, 2.05) is 6.07 Å². The SMILES string of the molecule is COC(=O)C1(C#N)C(c2cccc(F)c2)C(C(N)=O)N2C=C(C(C)=O)C=CC21. The molecule has 4 unspecified atom stereocenters. The number of primary amides is 1. The molecule has 7 nitrogen and oxygen atoms in total. The molecule has 2 aliphatic rings. The lowest BCUT2D eigenvalue weighted by Crippen LogP contribution is -2.45. The van der Waals surface area contributed by atoms with E-state index in [1.54, 1.807) is 0 Å². The van der Waals surface area contributed by atoms with Crippen molar-refractivity contribution in [3.05, 3.63) is 59.6 Å². The Kier molecular flexibility index (Phi) is 4.77. The smallest absolute Gasteiger partial charge is 0.329 e. The van der Waals surface area contributed by atoms with Crippen LogP contribution in [-0.4, -0.2) is 41.8 Å². The summed E-state index contributed by atoms with van der Waals surface area (Å²) in [6.45, 7) is 1.35. The highest BCUT2D eigenvalue weighted by molar-refractivity contribution is 5.97. The number of nitriles is 1. The van der Waals surface area contributed by atoms with Gasteiger partial charge in [0, 0.05) is 17.7 Å². The van der Waals surface area contributed by atoms with E-state index in [0.717, 1.165) is 13.2 Å². The minimum Gasteiger partial charge on any atom is -0.468 e. The summed E-state index contributed by atoms with van der Waals surface area (Å²) in [4.78, 5) is 38.5. The number of Topliss-reactive ketones (excluding diaryl/α,β-unsaturated/α-hetero) is 1. The number of carbonyl (C=O) groups is 3. The number of hydrogen-bond acceptors (Lipinski definition) is 6. The number of fused-ring (bicyclic) bond motifs is 1. The number of allylic oxidation sites excluding steroid dienone is 2. The van der Waals surface area contributed by atoms with Crippen LogP contribution in [0.3, 0.4) is 0 Å². The Bertz CT molecular complexity index is 964. The fourth-order valence-corrected chi connectivity index (χ4v) is 4.09. The molecule has 28 heavy (non-hydrogen) atoms. The van der Waals surface area contributed by atoms with Gasteiger partial charge in [-0.15, -0.1) is 0 Å². The number of nitrogens with zero attached hydrogens (tertiary/aromatic N) is 2. The van der Waals surface area contributed by atoms with Gasteiger partial charge in [-0.3, -0.25) is 14.4 Å². The topological polar surface area (TPSA) is 113 Å². The number of esters is 1. The average molecular weight is 383 g/mol. The quantitative estimate of drug-likeness (QED) is 0.781. The van der Waals surface area contributed by atoms with Crippen LogP contribution in [0.15, 0.2) is 48.2 Å². The van der Waals surface area contributed by atoms with Crippen molar-refractivity contribution >= 4 is 17.7 Å². The standard InChI is InChI=1S/C20H18FN3O4/c1-11(25)13-6-7-15-20(10-22,19(27)28-2)16(12-4-3-5-14(21)8-12)17(18(23)26)24(15)9-13/h3-9,15-17H,1-2H3,(H2,23,26). The number of benzene rings is 1. The van der Waals surface area contributed by atoms with E-state index in [2.05, 4.69) is 0 Å². The molecule has 1 aromatic carbocycles. The fraction of sp³-hybridized carbons (Fsp3) is 0.300. The van der Waals surface area contributed by atoms with Gasteiger partial charge in [-0.05, 0) is 24.6 Å². The van der Waals surface area contributed by atoms with Crippen molar-refractivity contribution in [1.29, 1.82) is 5.26 Å². The summed E-state index contributed by atoms with van der Waals surface area (Å²) in [5.41, 5.74) is 4.32. The third kappa shape index (κ3) is 2.67. The van der Waals surface area contributed by atoms with Crippen LogP contribution in [0.4, 0.5) is 4.39 Å². The molecule has 2 N–H and O–H groups in total. The lowest BCUT2D eigenvalue weighted by molar-refractivity contribution is -0.150. The molecule has 1 fully saturated rings. The summed E-state index contributed by atoms with van der Waals surface area (Å²) in [6, 6.07) is 5.25. The number of ether oxygens (including phenoxy) is 1. The fourth-order valence-electron chi connectivity index (χ4n) is 4.09. The first kappa shape index (κ1) is 19.3. The van der Waals surface area contributed by atoms with Gasteiger partial charge in [-0.1, -0.05) is 24.3 Å². The van der Waals surface area contributed by atoms with Crippen LogP contribution in [-0.2, 0) is 19.1 Å². The molecule has 144 valence electrons. The Balaban J connectivity index is 2.31. The monoisotopic (exact) mass is 383 g/mol. The first-order chi connectivity index (χ1) is 13.3. The summed E-state index contributed by atoms with van der Waals surface area (Å²) in [7, 11) is 1.13. The van der Waals surface area contributed by atoms with Gasteiger partial charge in [0.05, 0.1) is 19.2 Å². The maximum Gasteiger partial charge on any atom is 0.329 e.